The summed E-state index contributed by atoms with van der Waals surface area (Å²) >= 11 is 0. The van der Waals surface area contributed by atoms with E-state index in [9.17, 15) is 12.3 Å². The molecule has 84 valence electrons. The fraction of sp³-hybridized carbons (Fsp3) is 0.400. The van der Waals surface area contributed by atoms with Crippen LogP contribution in [0.4, 0.5) is 3.89 Å². The van der Waals surface area contributed by atoms with Crippen molar-refractivity contribution in [2.24, 2.45) is 0 Å². The molecule has 0 fully saturated rings. The summed E-state index contributed by atoms with van der Waals surface area (Å²) in [4.78, 5) is 0. The molecule has 0 spiro atoms. The number of rotatable bonds is 3. The average molecular weight is 232 g/mol. The lowest BCUT2D eigenvalue weighted by Crippen LogP contribution is -1.99. The average Bonchev–Trinajstić information content (AvgIpc) is 1.99. The SMILES string of the molecule is COc1c(C)cc(CS(=O)(=O)F)cc1C. The van der Waals surface area contributed by atoms with E-state index in [0.717, 1.165) is 11.1 Å². The van der Waals surface area contributed by atoms with Crippen LogP contribution in [0.2, 0.25) is 0 Å². The highest BCUT2D eigenvalue weighted by Crippen LogP contribution is 2.25. The first-order valence-electron chi connectivity index (χ1n) is 4.40. The van der Waals surface area contributed by atoms with Crippen molar-refractivity contribution in [1.29, 1.82) is 0 Å². The van der Waals surface area contributed by atoms with Crippen LogP contribution in [0.3, 0.4) is 0 Å². The van der Waals surface area contributed by atoms with E-state index in [1.54, 1.807) is 33.1 Å². The first-order chi connectivity index (χ1) is 6.83. The summed E-state index contributed by atoms with van der Waals surface area (Å²) in [5, 5.41) is 0. The lowest BCUT2D eigenvalue weighted by molar-refractivity contribution is 0.408. The summed E-state index contributed by atoms with van der Waals surface area (Å²) in [6, 6.07) is 3.23. The molecule has 0 aromatic heterocycles. The molecule has 1 aromatic rings. The third-order valence-corrected chi connectivity index (χ3v) is 2.74. The van der Waals surface area contributed by atoms with E-state index < -0.39 is 16.0 Å². The molecule has 0 bridgehead atoms. The normalized spacial score (nSPS) is 11.5. The van der Waals surface area contributed by atoms with Gasteiger partial charge in [0.15, 0.2) is 0 Å². The number of hydrogen-bond donors (Lipinski definition) is 0. The van der Waals surface area contributed by atoms with Crippen molar-refractivity contribution in [2.45, 2.75) is 19.6 Å². The Morgan fingerprint density at radius 1 is 1.27 bits per heavy atom. The molecule has 0 amide bonds. The van der Waals surface area contributed by atoms with Crippen molar-refractivity contribution in [3.63, 3.8) is 0 Å². The Balaban J connectivity index is 3.15. The van der Waals surface area contributed by atoms with Gasteiger partial charge in [0.2, 0.25) is 0 Å². The van der Waals surface area contributed by atoms with Crippen molar-refractivity contribution in [2.75, 3.05) is 7.11 Å². The molecule has 0 radical (unpaired) electrons. The Morgan fingerprint density at radius 2 is 1.73 bits per heavy atom. The number of methoxy groups -OCH3 is 1. The van der Waals surface area contributed by atoms with Crippen LogP contribution < -0.4 is 4.74 Å². The van der Waals surface area contributed by atoms with E-state index in [2.05, 4.69) is 0 Å². The van der Waals surface area contributed by atoms with Crippen LogP contribution in [0, 0.1) is 13.8 Å². The van der Waals surface area contributed by atoms with E-state index >= 15 is 0 Å². The first kappa shape index (κ1) is 12.0. The third-order valence-electron chi connectivity index (χ3n) is 2.06. The van der Waals surface area contributed by atoms with Gasteiger partial charge in [-0.3, -0.25) is 0 Å². The molecule has 1 rings (SSSR count). The topological polar surface area (TPSA) is 43.4 Å². The second-order valence-electron chi connectivity index (χ2n) is 3.45. The lowest BCUT2D eigenvalue weighted by Gasteiger charge is -2.10. The van der Waals surface area contributed by atoms with E-state index in [1.807, 2.05) is 0 Å². The summed E-state index contributed by atoms with van der Waals surface area (Å²) in [5.41, 5.74) is 2.04. The van der Waals surface area contributed by atoms with Crippen LogP contribution in [0.25, 0.3) is 0 Å². The summed E-state index contributed by atoms with van der Waals surface area (Å²) in [6.07, 6.45) is 0. The van der Waals surface area contributed by atoms with Crippen molar-refractivity contribution < 1.29 is 17.0 Å². The number of ether oxygens (including phenoxy) is 1. The Kier molecular flexibility index (Phi) is 3.34. The Labute approximate surface area is 89.1 Å². The van der Waals surface area contributed by atoms with Crippen LogP contribution >= 0.6 is 0 Å². The van der Waals surface area contributed by atoms with Gasteiger partial charge in [-0.1, -0.05) is 12.1 Å². The van der Waals surface area contributed by atoms with E-state index in [4.69, 9.17) is 4.74 Å². The molecular weight excluding hydrogens is 219 g/mol. The van der Waals surface area contributed by atoms with Gasteiger partial charge in [-0.05, 0) is 30.5 Å². The molecule has 0 saturated heterocycles. The number of hydrogen-bond acceptors (Lipinski definition) is 3. The van der Waals surface area contributed by atoms with Gasteiger partial charge in [0.05, 0.1) is 7.11 Å². The summed E-state index contributed by atoms with van der Waals surface area (Å²) in [5.74, 6) is 0.119. The van der Waals surface area contributed by atoms with Crippen molar-refractivity contribution in [1.82, 2.24) is 0 Å². The quantitative estimate of drug-likeness (QED) is 0.750. The van der Waals surface area contributed by atoms with Gasteiger partial charge >= 0.3 is 10.2 Å². The molecule has 0 aliphatic rings. The van der Waals surface area contributed by atoms with Gasteiger partial charge in [-0.15, -0.1) is 3.89 Å². The van der Waals surface area contributed by atoms with Crippen molar-refractivity contribution in [3.05, 3.63) is 28.8 Å². The first-order valence-corrected chi connectivity index (χ1v) is 5.95. The zero-order valence-electron chi connectivity index (χ0n) is 8.87. The van der Waals surface area contributed by atoms with Crippen LogP contribution in [0.1, 0.15) is 16.7 Å². The summed E-state index contributed by atoms with van der Waals surface area (Å²) in [7, 11) is -2.93. The summed E-state index contributed by atoms with van der Waals surface area (Å²) in [6.45, 7) is 3.58. The molecule has 0 aliphatic carbocycles. The molecular formula is C10H13FO3S. The zero-order chi connectivity index (χ0) is 11.6. The molecule has 0 atom stereocenters. The minimum Gasteiger partial charge on any atom is -0.496 e. The van der Waals surface area contributed by atoms with Gasteiger partial charge in [-0.2, -0.15) is 8.42 Å². The molecule has 3 nitrogen and oxygen atoms in total. The predicted octanol–water partition coefficient (Wildman–Crippen LogP) is 2.11. The van der Waals surface area contributed by atoms with Crippen LogP contribution in [-0.2, 0) is 16.0 Å². The molecule has 15 heavy (non-hydrogen) atoms. The predicted molar refractivity (Wildman–Crippen MR) is 56.2 cm³/mol. The van der Waals surface area contributed by atoms with Gasteiger partial charge in [0, 0.05) is 0 Å². The maximum atomic E-state index is 12.5. The minimum atomic E-state index is -4.47. The fourth-order valence-corrected chi connectivity index (χ4v) is 2.21. The van der Waals surface area contributed by atoms with E-state index in [-0.39, 0.29) is 0 Å². The minimum absolute atomic E-state index is 0.438. The Bertz CT molecular complexity index is 443. The molecule has 0 aliphatic heterocycles. The standard InChI is InChI=1S/C10H13FO3S/c1-7-4-9(6-15(11,12)13)5-8(2)10(7)14-3/h4-5H,6H2,1-3H3. The highest BCUT2D eigenvalue weighted by molar-refractivity contribution is 7.85. The zero-order valence-corrected chi connectivity index (χ0v) is 9.69. The van der Waals surface area contributed by atoms with Gasteiger partial charge in [0.1, 0.15) is 11.5 Å². The maximum absolute atomic E-state index is 12.5. The Hall–Kier alpha value is -1.10. The van der Waals surface area contributed by atoms with Crippen molar-refractivity contribution in [3.8, 4) is 5.75 Å². The largest absolute Gasteiger partial charge is 0.496 e. The molecule has 0 N–H and O–H groups in total. The fourth-order valence-electron chi connectivity index (χ4n) is 1.64. The van der Waals surface area contributed by atoms with Crippen LogP contribution in [0.5, 0.6) is 5.75 Å². The monoisotopic (exact) mass is 232 g/mol. The third kappa shape index (κ3) is 3.20. The number of halogens is 1. The van der Waals surface area contributed by atoms with Gasteiger partial charge < -0.3 is 4.74 Å². The summed E-state index contributed by atoms with van der Waals surface area (Å²) < 4.78 is 38.5. The molecule has 1 aromatic carbocycles. The second-order valence-corrected chi connectivity index (χ2v) is 4.81. The smallest absolute Gasteiger partial charge is 0.306 e. The Morgan fingerprint density at radius 3 is 2.07 bits per heavy atom. The highest BCUT2D eigenvalue weighted by atomic mass is 32.3. The van der Waals surface area contributed by atoms with Crippen LogP contribution in [-0.4, -0.2) is 15.5 Å². The van der Waals surface area contributed by atoms with Crippen LogP contribution in [0.15, 0.2) is 12.1 Å². The second kappa shape index (κ2) is 4.18. The number of benzene rings is 1. The van der Waals surface area contributed by atoms with Gasteiger partial charge in [0.25, 0.3) is 0 Å². The maximum Gasteiger partial charge on any atom is 0.306 e. The van der Waals surface area contributed by atoms with E-state index in [0.29, 0.717) is 11.3 Å². The van der Waals surface area contributed by atoms with Gasteiger partial charge in [-0.25, -0.2) is 0 Å². The number of aryl methyl sites for hydroxylation is 2. The molecule has 5 heteroatoms. The molecule has 0 saturated carbocycles. The van der Waals surface area contributed by atoms with Crippen molar-refractivity contribution >= 4 is 10.2 Å². The molecule has 0 unspecified atom stereocenters. The lowest BCUT2D eigenvalue weighted by atomic mass is 10.1. The highest BCUT2D eigenvalue weighted by Gasteiger charge is 2.12. The molecule has 0 heterocycles. The van der Waals surface area contributed by atoms with E-state index in [1.165, 1.54) is 0 Å².